The number of fused-ring (bicyclic) bond motifs is 3. The first-order chi connectivity index (χ1) is 10.2. The second-order valence-electron chi connectivity index (χ2n) is 5.46. The molecule has 3 rings (SSSR count). The first-order valence-electron chi connectivity index (χ1n) is 7.46. The van der Waals surface area contributed by atoms with Crippen molar-refractivity contribution < 1.29 is 4.74 Å². The highest BCUT2D eigenvalue weighted by Gasteiger charge is 2.20. The topological polar surface area (TPSA) is 56.1 Å². The fraction of sp³-hybridized carbons (Fsp3) is 0.600. The molecule has 0 saturated carbocycles. The third-order valence-electron chi connectivity index (χ3n) is 4.00. The summed E-state index contributed by atoms with van der Waals surface area (Å²) in [4.78, 5) is 19.6. The van der Waals surface area contributed by atoms with Crippen LogP contribution in [0, 0.1) is 0 Å². The molecular weight excluding hydrogens is 286 g/mol. The van der Waals surface area contributed by atoms with Crippen molar-refractivity contribution in [2.75, 3.05) is 25.6 Å². The predicted molar refractivity (Wildman–Crippen MR) is 86.5 cm³/mol. The number of ether oxygens (including phenoxy) is 1. The molecule has 0 fully saturated rings. The molecule has 5 nitrogen and oxygen atoms in total. The van der Waals surface area contributed by atoms with Gasteiger partial charge in [0.05, 0.1) is 5.39 Å². The number of thiophene rings is 1. The highest BCUT2D eigenvalue weighted by Crippen LogP contribution is 2.34. The van der Waals surface area contributed by atoms with E-state index in [1.54, 1.807) is 30.1 Å². The lowest BCUT2D eigenvalue weighted by atomic mass is 9.97. The number of hydrogen-bond donors (Lipinski definition) is 1. The highest BCUT2D eigenvalue weighted by atomic mass is 32.1. The van der Waals surface area contributed by atoms with Crippen molar-refractivity contribution in [3.05, 3.63) is 20.8 Å². The van der Waals surface area contributed by atoms with Crippen LogP contribution in [0.4, 0.5) is 5.95 Å². The molecule has 114 valence electrons. The Labute approximate surface area is 128 Å². The van der Waals surface area contributed by atoms with E-state index in [-0.39, 0.29) is 5.56 Å². The normalized spacial score (nSPS) is 14.4. The summed E-state index contributed by atoms with van der Waals surface area (Å²) in [5.41, 5.74) is 1.33. The standard InChI is InChI=1S/C15H21N3O2S/c1-18-14(19)12-10-6-3-4-7-11(10)21-13(12)17-15(18)16-8-5-9-20-2/h3-9H2,1-2H3,(H,16,17). The Morgan fingerprint density at radius 3 is 3.00 bits per heavy atom. The lowest BCUT2D eigenvalue weighted by molar-refractivity contribution is 0.197. The molecule has 0 atom stereocenters. The Hall–Kier alpha value is -1.40. The largest absolute Gasteiger partial charge is 0.385 e. The summed E-state index contributed by atoms with van der Waals surface area (Å²) < 4.78 is 6.67. The zero-order chi connectivity index (χ0) is 14.8. The quantitative estimate of drug-likeness (QED) is 0.861. The van der Waals surface area contributed by atoms with Gasteiger partial charge in [0.15, 0.2) is 0 Å². The average molecular weight is 307 g/mol. The lowest BCUT2D eigenvalue weighted by Gasteiger charge is -2.11. The maximum absolute atomic E-state index is 12.6. The summed E-state index contributed by atoms with van der Waals surface area (Å²) in [6.45, 7) is 1.46. The minimum absolute atomic E-state index is 0.0774. The number of nitrogens with one attached hydrogen (secondary N) is 1. The Kier molecular flexibility index (Phi) is 4.26. The Balaban J connectivity index is 1.96. The van der Waals surface area contributed by atoms with Crippen LogP contribution >= 0.6 is 11.3 Å². The summed E-state index contributed by atoms with van der Waals surface area (Å²) in [6, 6.07) is 0. The van der Waals surface area contributed by atoms with Gasteiger partial charge in [-0.25, -0.2) is 4.98 Å². The number of methoxy groups -OCH3 is 1. The van der Waals surface area contributed by atoms with Gasteiger partial charge >= 0.3 is 0 Å². The van der Waals surface area contributed by atoms with E-state index >= 15 is 0 Å². The van der Waals surface area contributed by atoms with Crippen LogP contribution in [0.1, 0.15) is 29.7 Å². The van der Waals surface area contributed by atoms with Crippen molar-refractivity contribution in [3.63, 3.8) is 0 Å². The first-order valence-corrected chi connectivity index (χ1v) is 8.28. The molecule has 2 aromatic heterocycles. The first kappa shape index (κ1) is 14.5. The van der Waals surface area contributed by atoms with E-state index in [0.717, 1.165) is 36.0 Å². The second-order valence-corrected chi connectivity index (χ2v) is 6.55. The summed E-state index contributed by atoms with van der Waals surface area (Å²) in [7, 11) is 3.48. The fourth-order valence-electron chi connectivity index (χ4n) is 2.86. The summed E-state index contributed by atoms with van der Waals surface area (Å²) in [5, 5.41) is 4.09. The summed E-state index contributed by atoms with van der Waals surface area (Å²) in [6.07, 6.45) is 5.41. The molecular formula is C15H21N3O2S. The fourth-order valence-corrected chi connectivity index (χ4v) is 4.11. The smallest absolute Gasteiger partial charge is 0.263 e. The molecule has 1 aliphatic carbocycles. The van der Waals surface area contributed by atoms with E-state index in [1.807, 2.05) is 0 Å². The van der Waals surface area contributed by atoms with Gasteiger partial charge in [0.2, 0.25) is 5.95 Å². The van der Waals surface area contributed by atoms with Gasteiger partial charge in [-0.1, -0.05) is 0 Å². The molecule has 1 N–H and O–H groups in total. The molecule has 21 heavy (non-hydrogen) atoms. The number of aryl methyl sites for hydroxylation is 2. The molecule has 0 radical (unpaired) electrons. The van der Waals surface area contributed by atoms with Gasteiger partial charge in [-0.3, -0.25) is 9.36 Å². The van der Waals surface area contributed by atoms with Gasteiger partial charge in [-0.15, -0.1) is 11.3 Å². The van der Waals surface area contributed by atoms with Crippen molar-refractivity contribution in [2.24, 2.45) is 7.05 Å². The molecule has 0 bridgehead atoms. The van der Waals surface area contributed by atoms with E-state index in [4.69, 9.17) is 4.74 Å². The van der Waals surface area contributed by atoms with Crippen LogP contribution in [-0.2, 0) is 24.6 Å². The van der Waals surface area contributed by atoms with Gasteiger partial charge < -0.3 is 10.1 Å². The number of aromatic nitrogens is 2. The van der Waals surface area contributed by atoms with Crippen LogP contribution in [0.3, 0.4) is 0 Å². The van der Waals surface area contributed by atoms with Crippen LogP contribution in [0.5, 0.6) is 0 Å². The van der Waals surface area contributed by atoms with Crippen LogP contribution in [-0.4, -0.2) is 29.8 Å². The maximum Gasteiger partial charge on any atom is 0.263 e. The van der Waals surface area contributed by atoms with E-state index in [0.29, 0.717) is 12.6 Å². The monoisotopic (exact) mass is 307 g/mol. The zero-order valence-corrected chi connectivity index (χ0v) is 13.4. The van der Waals surface area contributed by atoms with Gasteiger partial charge in [0.1, 0.15) is 4.83 Å². The third kappa shape index (κ3) is 2.70. The number of hydrogen-bond acceptors (Lipinski definition) is 5. The predicted octanol–water partition coefficient (Wildman–Crippen LogP) is 2.32. The molecule has 1 aliphatic rings. The van der Waals surface area contributed by atoms with Crippen LogP contribution in [0.25, 0.3) is 10.2 Å². The number of anilines is 1. The second kappa shape index (κ2) is 6.15. The van der Waals surface area contributed by atoms with Crippen molar-refractivity contribution in [3.8, 4) is 0 Å². The lowest BCUT2D eigenvalue weighted by Crippen LogP contribution is -2.23. The highest BCUT2D eigenvalue weighted by molar-refractivity contribution is 7.18. The summed E-state index contributed by atoms with van der Waals surface area (Å²) in [5.74, 6) is 0.655. The molecule has 0 amide bonds. The van der Waals surface area contributed by atoms with Crippen molar-refractivity contribution in [1.82, 2.24) is 9.55 Å². The molecule has 2 aromatic rings. The zero-order valence-electron chi connectivity index (χ0n) is 12.6. The number of nitrogens with zero attached hydrogens (tertiary/aromatic N) is 2. The van der Waals surface area contributed by atoms with Gasteiger partial charge in [0, 0.05) is 32.2 Å². The third-order valence-corrected chi connectivity index (χ3v) is 5.19. The molecule has 0 unspecified atom stereocenters. The van der Waals surface area contributed by atoms with E-state index in [2.05, 4.69) is 10.3 Å². The Morgan fingerprint density at radius 2 is 2.19 bits per heavy atom. The van der Waals surface area contributed by atoms with E-state index in [1.165, 1.54) is 23.3 Å². The van der Waals surface area contributed by atoms with Gasteiger partial charge in [-0.05, 0) is 37.7 Å². The minimum Gasteiger partial charge on any atom is -0.385 e. The molecule has 6 heteroatoms. The SMILES string of the molecule is COCCCNc1nc2sc3c(c2c(=O)n1C)CCCC3. The average Bonchev–Trinajstić information content (AvgIpc) is 2.86. The Bertz CT molecular complexity index is 705. The molecule has 2 heterocycles. The van der Waals surface area contributed by atoms with Crippen LogP contribution in [0.15, 0.2) is 4.79 Å². The van der Waals surface area contributed by atoms with Crippen molar-refractivity contribution >= 4 is 27.5 Å². The maximum atomic E-state index is 12.6. The number of rotatable bonds is 5. The van der Waals surface area contributed by atoms with E-state index < -0.39 is 0 Å². The van der Waals surface area contributed by atoms with E-state index in [9.17, 15) is 4.79 Å². The van der Waals surface area contributed by atoms with Crippen molar-refractivity contribution in [1.29, 1.82) is 0 Å². The minimum atomic E-state index is 0.0774. The molecule has 0 aliphatic heterocycles. The van der Waals surface area contributed by atoms with Gasteiger partial charge in [-0.2, -0.15) is 0 Å². The van der Waals surface area contributed by atoms with Crippen LogP contribution in [0.2, 0.25) is 0 Å². The summed E-state index contributed by atoms with van der Waals surface area (Å²) >= 11 is 1.69. The molecule has 0 saturated heterocycles. The van der Waals surface area contributed by atoms with Gasteiger partial charge in [0.25, 0.3) is 5.56 Å². The molecule has 0 aromatic carbocycles. The van der Waals surface area contributed by atoms with Crippen LogP contribution < -0.4 is 10.9 Å². The Morgan fingerprint density at radius 1 is 1.38 bits per heavy atom. The van der Waals surface area contributed by atoms with Crippen molar-refractivity contribution in [2.45, 2.75) is 32.1 Å². The molecule has 0 spiro atoms.